The summed E-state index contributed by atoms with van der Waals surface area (Å²) in [6, 6.07) is 6.69. The third kappa shape index (κ3) is 2.09. The van der Waals surface area contributed by atoms with E-state index in [1.807, 2.05) is 0 Å². The van der Waals surface area contributed by atoms with Crippen LogP contribution in [-0.2, 0) is 0 Å². The van der Waals surface area contributed by atoms with E-state index < -0.39 is 0 Å². The Kier molecular flexibility index (Phi) is 3.50. The van der Waals surface area contributed by atoms with Gasteiger partial charge in [0.05, 0.1) is 11.0 Å². The summed E-state index contributed by atoms with van der Waals surface area (Å²) in [6.45, 7) is 4.42. The van der Waals surface area contributed by atoms with E-state index in [9.17, 15) is 0 Å². The third-order valence-electron chi connectivity index (χ3n) is 2.83. The molecule has 1 unspecified atom stereocenters. The zero-order chi connectivity index (χ0) is 11.7. The van der Waals surface area contributed by atoms with E-state index in [0.29, 0.717) is 6.04 Å². The Balaban J connectivity index is 2.60. The maximum Gasteiger partial charge on any atom is 0.178 e. The maximum absolute atomic E-state index is 5.38. The van der Waals surface area contributed by atoms with E-state index in [0.717, 1.165) is 21.2 Å². The largest absolute Gasteiger partial charge is 0.331 e. The van der Waals surface area contributed by atoms with E-state index in [4.69, 9.17) is 12.2 Å². The minimum Gasteiger partial charge on any atom is -0.331 e. The number of halogens is 1. The number of aromatic amines is 1. The number of hydrogen-bond donors (Lipinski definition) is 1. The summed E-state index contributed by atoms with van der Waals surface area (Å²) in [5.41, 5.74) is 2.29. The molecule has 1 atom stereocenters. The summed E-state index contributed by atoms with van der Waals surface area (Å²) < 4.78 is 4.10. The normalized spacial score (nSPS) is 13.2. The molecule has 1 heterocycles. The van der Waals surface area contributed by atoms with Gasteiger partial charge in [-0.1, -0.05) is 29.3 Å². The van der Waals surface area contributed by atoms with Crippen LogP contribution in [0.1, 0.15) is 32.7 Å². The molecule has 16 heavy (non-hydrogen) atoms. The molecule has 0 saturated carbocycles. The molecule has 0 saturated heterocycles. The molecule has 0 aliphatic heterocycles. The van der Waals surface area contributed by atoms with E-state index in [1.54, 1.807) is 0 Å². The Morgan fingerprint density at radius 2 is 2.25 bits per heavy atom. The predicted molar refractivity (Wildman–Crippen MR) is 74.4 cm³/mol. The molecule has 0 bridgehead atoms. The fraction of sp³-hybridized carbons (Fsp3) is 0.417. The number of benzene rings is 1. The molecule has 0 radical (unpaired) electrons. The lowest BCUT2D eigenvalue weighted by atomic mass is 10.2. The molecule has 0 amide bonds. The fourth-order valence-corrected chi connectivity index (χ4v) is 2.84. The summed E-state index contributed by atoms with van der Waals surface area (Å²) in [7, 11) is 0. The molecule has 1 N–H and O–H groups in total. The smallest absolute Gasteiger partial charge is 0.178 e. The zero-order valence-electron chi connectivity index (χ0n) is 9.46. The second-order valence-electron chi connectivity index (χ2n) is 4.10. The van der Waals surface area contributed by atoms with Crippen LogP contribution in [0.4, 0.5) is 0 Å². The Hall–Kier alpha value is -0.610. The standard InChI is InChI=1S/C12H15BrN2S/c1-3-4-8(2)15-11-6-5-9(13)7-10(11)14-12(15)16/h5-8H,3-4H2,1-2H3,(H,14,16). The second-order valence-corrected chi connectivity index (χ2v) is 5.40. The van der Waals surface area contributed by atoms with Crippen LogP contribution in [-0.4, -0.2) is 9.55 Å². The Bertz CT molecular complexity index is 556. The summed E-state index contributed by atoms with van der Waals surface area (Å²) in [5, 5.41) is 0. The molecular formula is C12H15BrN2S. The Morgan fingerprint density at radius 1 is 1.50 bits per heavy atom. The Labute approximate surface area is 109 Å². The van der Waals surface area contributed by atoms with Gasteiger partial charge in [0.25, 0.3) is 0 Å². The minimum atomic E-state index is 0.451. The molecule has 86 valence electrons. The van der Waals surface area contributed by atoms with Crippen molar-refractivity contribution in [2.75, 3.05) is 0 Å². The number of nitrogens with one attached hydrogen (secondary N) is 1. The highest BCUT2D eigenvalue weighted by Gasteiger charge is 2.10. The van der Waals surface area contributed by atoms with Crippen LogP contribution in [0.5, 0.6) is 0 Å². The predicted octanol–water partition coefficient (Wildman–Crippen LogP) is 4.82. The average Bonchev–Trinajstić information content (AvgIpc) is 2.53. The van der Waals surface area contributed by atoms with Gasteiger partial charge >= 0.3 is 0 Å². The molecule has 1 aromatic heterocycles. The van der Waals surface area contributed by atoms with Gasteiger partial charge in [-0.25, -0.2) is 0 Å². The number of hydrogen-bond acceptors (Lipinski definition) is 1. The molecule has 0 aliphatic rings. The van der Waals surface area contributed by atoms with Crippen molar-refractivity contribution in [2.24, 2.45) is 0 Å². The summed E-state index contributed by atoms with van der Waals surface area (Å²) in [5.74, 6) is 0. The van der Waals surface area contributed by atoms with Crippen molar-refractivity contribution >= 4 is 39.2 Å². The van der Waals surface area contributed by atoms with Gasteiger partial charge in [-0.3, -0.25) is 0 Å². The van der Waals surface area contributed by atoms with Crippen LogP contribution in [0.3, 0.4) is 0 Å². The van der Waals surface area contributed by atoms with Gasteiger partial charge in [-0.2, -0.15) is 0 Å². The van der Waals surface area contributed by atoms with Crippen LogP contribution >= 0.6 is 28.1 Å². The van der Waals surface area contributed by atoms with Gasteiger partial charge in [0.15, 0.2) is 4.77 Å². The van der Waals surface area contributed by atoms with Gasteiger partial charge in [0.1, 0.15) is 0 Å². The Morgan fingerprint density at radius 3 is 2.94 bits per heavy atom. The van der Waals surface area contributed by atoms with E-state index >= 15 is 0 Å². The average molecular weight is 299 g/mol. The van der Waals surface area contributed by atoms with E-state index in [2.05, 4.69) is 57.5 Å². The molecule has 0 spiro atoms. The minimum absolute atomic E-state index is 0.451. The van der Waals surface area contributed by atoms with Crippen molar-refractivity contribution in [3.05, 3.63) is 27.4 Å². The summed E-state index contributed by atoms with van der Waals surface area (Å²) in [4.78, 5) is 3.25. The number of imidazole rings is 1. The van der Waals surface area contributed by atoms with Crippen LogP contribution in [0.15, 0.2) is 22.7 Å². The molecule has 2 aromatic rings. The molecule has 0 aliphatic carbocycles. The number of fused-ring (bicyclic) bond motifs is 1. The number of nitrogens with zero attached hydrogens (tertiary/aromatic N) is 1. The highest BCUT2D eigenvalue weighted by atomic mass is 79.9. The van der Waals surface area contributed by atoms with E-state index in [-0.39, 0.29) is 0 Å². The molecule has 0 fully saturated rings. The zero-order valence-corrected chi connectivity index (χ0v) is 11.9. The van der Waals surface area contributed by atoms with Crippen molar-refractivity contribution in [2.45, 2.75) is 32.7 Å². The summed E-state index contributed by atoms with van der Waals surface area (Å²) >= 11 is 8.85. The lowest BCUT2D eigenvalue weighted by Gasteiger charge is -2.13. The van der Waals surface area contributed by atoms with Gasteiger partial charge in [-0.05, 0) is 43.8 Å². The first-order chi connectivity index (χ1) is 7.63. The third-order valence-corrected chi connectivity index (χ3v) is 3.62. The van der Waals surface area contributed by atoms with Gasteiger partial charge < -0.3 is 9.55 Å². The first-order valence-electron chi connectivity index (χ1n) is 5.53. The van der Waals surface area contributed by atoms with Crippen LogP contribution < -0.4 is 0 Å². The van der Waals surface area contributed by atoms with Gasteiger partial charge in [0, 0.05) is 10.5 Å². The number of aromatic nitrogens is 2. The van der Waals surface area contributed by atoms with E-state index in [1.165, 1.54) is 11.9 Å². The van der Waals surface area contributed by atoms with Crippen LogP contribution in [0.2, 0.25) is 0 Å². The molecule has 2 nitrogen and oxygen atoms in total. The van der Waals surface area contributed by atoms with Crippen molar-refractivity contribution in [1.29, 1.82) is 0 Å². The van der Waals surface area contributed by atoms with Crippen molar-refractivity contribution in [3.63, 3.8) is 0 Å². The first kappa shape index (κ1) is 11.9. The van der Waals surface area contributed by atoms with Crippen LogP contribution in [0, 0.1) is 4.77 Å². The highest BCUT2D eigenvalue weighted by Crippen LogP contribution is 2.24. The summed E-state index contributed by atoms with van der Waals surface area (Å²) in [6.07, 6.45) is 2.32. The lowest BCUT2D eigenvalue weighted by molar-refractivity contribution is 0.507. The molecular weight excluding hydrogens is 284 g/mol. The van der Waals surface area contributed by atoms with Gasteiger partial charge in [-0.15, -0.1) is 0 Å². The SMILES string of the molecule is CCCC(C)n1c(=S)[nH]c2cc(Br)ccc21. The maximum atomic E-state index is 5.38. The quantitative estimate of drug-likeness (QED) is 0.806. The highest BCUT2D eigenvalue weighted by molar-refractivity contribution is 9.10. The van der Waals surface area contributed by atoms with Crippen molar-refractivity contribution in [3.8, 4) is 0 Å². The lowest BCUT2D eigenvalue weighted by Crippen LogP contribution is -2.04. The first-order valence-corrected chi connectivity index (χ1v) is 6.73. The number of H-pyrrole nitrogens is 1. The van der Waals surface area contributed by atoms with Gasteiger partial charge in [0.2, 0.25) is 0 Å². The molecule has 2 rings (SSSR count). The molecule has 4 heteroatoms. The van der Waals surface area contributed by atoms with Crippen molar-refractivity contribution < 1.29 is 0 Å². The monoisotopic (exact) mass is 298 g/mol. The molecule has 1 aromatic carbocycles. The second kappa shape index (κ2) is 4.72. The topological polar surface area (TPSA) is 20.7 Å². The fourth-order valence-electron chi connectivity index (χ4n) is 2.09. The number of rotatable bonds is 3. The van der Waals surface area contributed by atoms with Crippen LogP contribution in [0.25, 0.3) is 11.0 Å². The van der Waals surface area contributed by atoms with Crippen molar-refractivity contribution in [1.82, 2.24) is 9.55 Å².